The van der Waals surface area contributed by atoms with Gasteiger partial charge in [0.2, 0.25) is 0 Å². The Kier molecular flexibility index (Phi) is 3.96. The summed E-state index contributed by atoms with van der Waals surface area (Å²) in [5.74, 6) is -2.92. The number of hydrogen-bond donors (Lipinski definition) is 3. The summed E-state index contributed by atoms with van der Waals surface area (Å²) in [5, 5.41) is 21.3. The Morgan fingerprint density at radius 3 is 1.72 bits per heavy atom. The molecule has 0 amide bonds. The highest BCUT2D eigenvalue weighted by Gasteiger charge is 2.33. The number of carboxylic acid groups (broad SMARTS) is 2. The Labute approximate surface area is 106 Å². The smallest absolute Gasteiger partial charge is 0.334 e. The van der Waals surface area contributed by atoms with E-state index in [0.29, 0.717) is 11.4 Å². The monoisotopic (exact) mass is 251 g/mol. The SMILES string of the molecule is CC(C)=CC1C(C(=O)O)=C(C)NC(C)=C1C(=O)O. The van der Waals surface area contributed by atoms with E-state index in [2.05, 4.69) is 5.32 Å². The molecule has 0 fully saturated rings. The lowest BCUT2D eigenvalue weighted by Crippen LogP contribution is -2.31. The molecule has 1 aliphatic rings. The topological polar surface area (TPSA) is 86.6 Å². The summed E-state index contributed by atoms with van der Waals surface area (Å²) in [6.07, 6.45) is 1.67. The van der Waals surface area contributed by atoms with Crippen LogP contribution in [0.15, 0.2) is 34.2 Å². The average Bonchev–Trinajstić information content (AvgIpc) is 2.13. The molecule has 98 valence electrons. The van der Waals surface area contributed by atoms with E-state index < -0.39 is 17.9 Å². The molecule has 0 radical (unpaired) electrons. The number of carbonyl (C=O) groups is 2. The van der Waals surface area contributed by atoms with Gasteiger partial charge in [-0.25, -0.2) is 9.59 Å². The first kappa shape index (κ1) is 14.0. The first-order valence-electron chi connectivity index (χ1n) is 5.55. The normalized spacial score (nSPS) is 16.4. The van der Waals surface area contributed by atoms with Gasteiger partial charge in [0.15, 0.2) is 0 Å². The zero-order valence-electron chi connectivity index (χ0n) is 10.9. The van der Waals surface area contributed by atoms with Crippen LogP contribution < -0.4 is 5.32 Å². The number of nitrogens with one attached hydrogen (secondary N) is 1. The van der Waals surface area contributed by atoms with Crippen molar-refractivity contribution in [1.29, 1.82) is 0 Å². The number of aliphatic carboxylic acids is 2. The molecule has 1 heterocycles. The highest BCUT2D eigenvalue weighted by molar-refractivity contribution is 5.96. The molecule has 5 heteroatoms. The van der Waals surface area contributed by atoms with E-state index in [1.54, 1.807) is 19.9 Å². The van der Waals surface area contributed by atoms with Crippen molar-refractivity contribution in [2.75, 3.05) is 0 Å². The van der Waals surface area contributed by atoms with Crippen molar-refractivity contribution in [2.45, 2.75) is 27.7 Å². The highest BCUT2D eigenvalue weighted by Crippen LogP contribution is 2.31. The third kappa shape index (κ3) is 2.61. The summed E-state index contributed by atoms with van der Waals surface area (Å²) in [6, 6.07) is 0. The van der Waals surface area contributed by atoms with Crippen molar-refractivity contribution in [3.63, 3.8) is 0 Å². The fourth-order valence-electron chi connectivity index (χ4n) is 2.11. The van der Waals surface area contributed by atoms with Gasteiger partial charge in [-0.3, -0.25) is 0 Å². The fraction of sp³-hybridized carbons (Fsp3) is 0.385. The molecular formula is C13H17NO4. The van der Waals surface area contributed by atoms with Gasteiger partial charge >= 0.3 is 11.9 Å². The van der Waals surface area contributed by atoms with Crippen molar-refractivity contribution < 1.29 is 19.8 Å². The molecule has 0 spiro atoms. The Morgan fingerprint density at radius 2 is 1.44 bits per heavy atom. The van der Waals surface area contributed by atoms with Crippen molar-refractivity contribution >= 4 is 11.9 Å². The average molecular weight is 251 g/mol. The van der Waals surface area contributed by atoms with Crippen molar-refractivity contribution in [1.82, 2.24) is 5.32 Å². The molecule has 18 heavy (non-hydrogen) atoms. The van der Waals surface area contributed by atoms with Gasteiger partial charge in [0, 0.05) is 17.3 Å². The van der Waals surface area contributed by atoms with Gasteiger partial charge in [-0.05, 0) is 27.7 Å². The molecule has 1 rings (SSSR count). The Bertz CT molecular complexity index is 457. The van der Waals surface area contributed by atoms with Crippen LogP contribution in [0, 0.1) is 5.92 Å². The number of carboxylic acids is 2. The number of rotatable bonds is 3. The summed E-state index contributed by atoms with van der Waals surface area (Å²) >= 11 is 0. The molecule has 0 aromatic rings. The van der Waals surface area contributed by atoms with Crippen LogP contribution >= 0.6 is 0 Å². The van der Waals surface area contributed by atoms with E-state index >= 15 is 0 Å². The molecule has 5 nitrogen and oxygen atoms in total. The maximum Gasteiger partial charge on any atom is 0.334 e. The second-order valence-corrected chi connectivity index (χ2v) is 4.53. The Balaban J connectivity index is 3.45. The first-order chi connectivity index (χ1) is 8.25. The fourth-order valence-corrected chi connectivity index (χ4v) is 2.11. The lowest BCUT2D eigenvalue weighted by Gasteiger charge is -2.26. The minimum atomic E-state index is -1.10. The van der Waals surface area contributed by atoms with Gasteiger partial charge in [0.1, 0.15) is 0 Å². The lowest BCUT2D eigenvalue weighted by atomic mass is 9.84. The molecule has 0 saturated heterocycles. The maximum absolute atomic E-state index is 11.3. The molecule has 0 aromatic heterocycles. The van der Waals surface area contributed by atoms with Crippen LogP contribution in [0.25, 0.3) is 0 Å². The molecular weight excluding hydrogens is 234 g/mol. The Morgan fingerprint density at radius 1 is 1.06 bits per heavy atom. The summed E-state index contributed by atoms with van der Waals surface area (Å²) in [6.45, 7) is 6.89. The van der Waals surface area contributed by atoms with Gasteiger partial charge in [0.05, 0.1) is 11.1 Å². The minimum Gasteiger partial charge on any atom is -0.478 e. The molecule has 0 atom stereocenters. The van der Waals surface area contributed by atoms with E-state index in [0.717, 1.165) is 5.57 Å². The van der Waals surface area contributed by atoms with Crippen LogP contribution in [0.2, 0.25) is 0 Å². The van der Waals surface area contributed by atoms with Crippen LogP contribution in [0.5, 0.6) is 0 Å². The predicted molar refractivity (Wildman–Crippen MR) is 66.7 cm³/mol. The largest absolute Gasteiger partial charge is 0.478 e. The van der Waals surface area contributed by atoms with Gasteiger partial charge in [-0.15, -0.1) is 0 Å². The molecule has 0 aromatic carbocycles. The summed E-state index contributed by atoms with van der Waals surface area (Å²) < 4.78 is 0. The quantitative estimate of drug-likeness (QED) is 0.667. The van der Waals surface area contributed by atoms with Crippen molar-refractivity contribution in [2.24, 2.45) is 5.92 Å². The van der Waals surface area contributed by atoms with Gasteiger partial charge < -0.3 is 15.5 Å². The molecule has 0 unspecified atom stereocenters. The van der Waals surface area contributed by atoms with Crippen molar-refractivity contribution in [3.8, 4) is 0 Å². The van der Waals surface area contributed by atoms with Crippen LogP contribution in [0.1, 0.15) is 27.7 Å². The molecule has 3 N–H and O–H groups in total. The van der Waals surface area contributed by atoms with Crippen molar-refractivity contribution in [3.05, 3.63) is 34.2 Å². The van der Waals surface area contributed by atoms with E-state index in [4.69, 9.17) is 0 Å². The van der Waals surface area contributed by atoms with E-state index in [-0.39, 0.29) is 11.1 Å². The van der Waals surface area contributed by atoms with Crippen LogP contribution in [0.4, 0.5) is 0 Å². The van der Waals surface area contributed by atoms with E-state index in [1.165, 1.54) is 0 Å². The Hall–Kier alpha value is -2.04. The number of allylic oxidation sites excluding steroid dienone is 4. The first-order valence-corrected chi connectivity index (χ1v) is 5.55. The zero-order chi connectivity index (χ0) is 14.0. The number of dihydropyridines is 1. The predicted octanol–water partition coefficient (Wildman–Crippen LogP) is 1.89. The van der Waals surface area contributed by atoms with E-state index in [9.17, 15) is 19.8 Å². The third-order valence-corrected chi connectivity index (χ3v) is 2.77. The van der Waals surface area contributed by atoms with E-state index in [1.807, 2.05) is 13.8 Å². The van der Waals surface area contributed by atoms with Gasteiger partial charge in [-0.2, -0.15) is 0 Å². The lowest BCUT2D eigenvalue weighted by molar-refractivity contribution is -0.133. The molecule has 0 aliphatic carbocycles. The molecule has 1 aliphatic heterocycles. The second-order valence-electron chi connectivity index (χ2n) is 4.53. The summed E-state index contributed by atoms with van der Waals surface area (Å²) in [5.41, 5.74) is 2.00. The third-order valence-electron chi connectivity index (χ3n) is 2.77. The second kappa shape index (κ2) is 5.08. The van der Waals surface area contributed by atoms with Gasteiger partial charge in [-0.1, -0.05) is 11.6 Å². The maximum atomic E-state index is 11.3. The summed E-state index contributed by atoms with van der Waals surface area (Å²) in [4.78, 5) is 22.6. The van der Waals surface area contributed by atoms with Crippen LogP contribution in [-0.4, -0.2) is 22.2 Å². The standard InChI is InChI=1S/C13H17NO4/c1-6(2)5-9-10(12(15)16)7(3)14-8(4)11(9)13(17)18/h5,9,14H,1-4H3,(H,15,16)(H,17,18). The molecule has 0 bridgehead atoms. The van der Waals surface area contributed by atoms with Gasteiger partial charge in [0.25, 0.3) is 0 Å². The highest BCUT2D eigenvalue weighted by atomic mass is 16.4. The van der Waals surface area contributed by atoms with Crippen LogP contribution in [0.3, 0.4) is 0 Å². The van der Waals surface area contributed by atoms with Crippen LogP contribution in [-0.2, 0) is 9.59 Å². The zero-order valence-corrected chi connectivity index (χ0v) is 10.9. The number of hydrogen-bond acceptors (Lipinski definition) is 3. The summed E-state index contributed by atoms with van der Waals surface area (Å²) in [7, 11) is 0. The molecule has 0 saturated carbocycles. The minimum absolute atomic E-state index is 0.0826.